The molecule has 1 amide bonds. The number of nitrogens with zero attached hydrogens (tertiary/aromatic N) is 5. The number of sulfonamides is 1. The molecule has 16 nitrogen and oxygen atoms in total. The Balaban J connectivity index is 0.844. The first-order chi connectivity index (χ1) is 33.7. The highest BCUT2D eigenvalue weighted by molar-refractivity contribution is 7.90. The van der Waals surface area contributed by atoms with E-state index in [0.29, 0.717) is 65.2 Å². The third-order valence-corrected chi connectivity index (χ3v) is 17.6. The Bertz CT molecular complexity index is 2920. The molecule has 11 rings (SSSR count). The number of nitrogens with one attached hydrogen (secondary N) is 3. The molecule has 1 spiro atoms. The van der Waals surface area contributed by atoms with Crippen molar-refractivity contribution in [3.8, 4) is 11.6 Å². The van der Waals surface area contributed by atoms with E-state index in [4.69, 9.17) is 14.5 Å². The number of fused-ring (bicyclic) bond motifs is 3. The first-order valence-electron chi connectivity index (χ1n) is 25.3. The number of ether oxygens (including phenoxy) is 2. The predicted octanol–water partition coefficient (Wildman–Crippen LogP) is 9.33. The Morgan fingerprint density at radius 1 is 1.00 bits per heavy atom. The number of hydrogen-bond donors (Lipinski definition) is 4. The van der Waals surface area contributed by atoms with Gasteiger partial charge in [-0.1, -0.05) is 38.1 Å². The van der Waals surface area contributed by atoms with E-state index in [0.717, 1.165) is 75.3 Å². The van der Waals surface area contributed by atoms with Crippen LogP contribution in [0.5, 0.6) is 11.6 Å². The van der Waals surface area contributed by atoms with Gasteiger partial charge in [-0.05, 0) is 143 Å². The van der Waals surface area contributed by atoms with Gasteiger partial charge in [-0.25, -0.2) is 13.1 Å². The number of H-pyrrole nitrogens is 1. The molecule has 2 saturated heterocycles. The van der Waals surface area contributed by atoms with Crippen molar-refractivity contribution >= 4 is 55.4 Å². The molecule has 3 aromatic carbocycles. The number of piperidine rings is 1. The van der Waals surface area contributed by atoms with Gasteiger partial charge in [-0.3, -0.25) is 19.8 Å². The van der Waals surface area contributed by atoms with Gasteiger partial charge in [0.25, 0.3) is 21.6 Å². The number of nitro groups is 1. The maximum atomic E-state index is 14.6. The van der Waals surface area contributed by atoms with Crippen molar-refractivity contribution in [1.29, 1.82) is 0 Å². The van der Waals surface area contributed by atoms with Gasteiger partial charge >= 0.3 is 0 Å². The van der Waals surface area contributed by atoms with Crippen molar-refractivity contribution in [2.24, 2.45) is 11.3 Å². The van der Waals surface area contributed by atoms with Crippen LogP contribution in [-0.2, 0) is 10.0 Å². The zero-order valence-electron chi connectivity index (χ0n) is 40.2. The van der Waals surface area contributed by atoms with Crippen LogP contribution < -0.4 is 29.3 Å². The SMILES string of the molecule is CC(C)c1ccccc1[C@@H]1CCCN1C1CC2(CCN(c3ccc(C(=O)NS(=O)(=O)c4cc5c(c([N+](=O)[O-])c4)N[C@H](C[C@H]4CC[C@H](O)CC4)CO5)c(N4C[C@H](C)Oc5nc6[nH]ccc6cc54)c3)CC2)C1. The van der Waals surface area contributed by atoms with Gasteiger partial charge in [-0.15, -0.1) is 0 Å². The van der Waals surface area contributed by atoms with E-state index in [-0.39, 0.29) is 41.9 Å². The summed E-state index contributed by atoms with van der Waals surface area (Å²) in [5.41, 5.74) is 5.73. The highest BCUT2D eigenvalue weighted by atomic mass is 32.2. The minimum absolute atomic E-state index is 0.0262. The minimum Gasteiger partial charge on any atom is -0.489 e. The molecular weight excluding hydrogens is 909 g/mol. The number of nitro benzene ring substituents is 1. The smallest absolute Gasteiger partial charge is 0.297 e. The van der Waals surface area contributed by atoms with Crippen molar-refractivity contribution < 1.29 is 32.7 Å². The van der Waals surface area contributed by atoms with Crippen LogP contribution in [0.15, 0.2) is 77.8 Å². The van der Waals surface area contributed by atoms with Crippen LogP contribution in [-0.4, -0.2) is 96.3 Å². The molecule has 4 fully saturated rings. The average molecular weight is 973 g/mol. The van der Waals surface area contributed by atoms with Gasteiger partial charge in [0, 0.05) is 54.6 Å². The van der Waals surface area contributed by atoms with E-state index < -0.39 is 31.4 Å². The van der Waals surface area contributed by atoms with Gasteiger partial charge in [0.15, 0.2) is 11.4 Å². The lowest BCUT2D eigenvalue weighted by Gasteiger charge is -2.56. The van der Waals surface area contributed by atoms with E-state index in [1.54, 1.807) is 12.3 Å². The lowest BCUT2D eigenvalue weighted by molar-refractivity contribution is -0.384. The molecule has 5 aromatic rings. The highest BCUT2D eigenvalue weighted by Crippen LogP contribution is 2.55. The molecule has 2 aliphatic carbocycles. The summed E-state index contributed by atoms with van der Waals surface area (Å²) in [6.45, 7) is 9.91. The molecule has 0 unspecified atom stereocenters. The molecule has 0 radical (unpaired) electrons. The summed E-state index contributed by atoms with van der Waals surface area (Å²) >= 11 is 0. The lowest BCUT2D eigenvalue weighted by atomic mass is 9.59. The quantitative estimate of drug-likeness (QED) is 0.0723. The zero-order valence-corrected chi connectivity index (χ0v) is 41.0. The second-order valence-corrected chi connectivity index (χ2v) is 22.9. The summed E-state index contributed by atoms with van der Waals surface area (Å²) in [4.78, 5) is 41.0. The summed E-state index contributed by atoms with van der Waals surface area (Å²) in [7, 11) is -4.66. The molecule has 70 heavy (non-hydrogen) atoms. The largest absolute Gasteiger partial charge is 0.489 e. The molecule has 3 atom stereocenters. The Hall–Kier alpha value is -5.91. The van der Waals surface area contributed by atoms with Gasteiger partial charge in [0.1, 0.15) is 24.0 Å². The number of aliphatic hydroxyl groups is 1. The minimum atomic E-state index is -4.66. The van der Waals surface area contributed by atoms with Gasteiger partial charge in [0.05, 0.1) is 39.8 Å². The van der Waals surface area contributed by atoms with Crippen molar-refractivity contribution in [3.63, 3.8) is 0 Å². The summed E-state index contributed by atoms with van der Waals surface area (Å²) in [5.74, 6) is 0.352. The van der Waals surface area contributed by atoms with E-state index in [1.165, 1.54) is 42.9 Å². The molecule has 0 bridgehead atoms. The molecule has 4 N–H and O–H groups in total. The number of rotatable bonds is 11. The van der Waals surface area contributed by atoms with Crippen molar-refractivity contribution in [2.45, 2.75) is 133 Å². The first-order valence-corrected chi connectivity index (χ1v) is 26.8. The van der Waals surface area contributed by atoms with Gasteiger partial charge < -0.3 is 34.7 Å². The first kappa shape index (κ1) is 46.5. The summed E-state index contributed by atoms with van der Waals surface area (Å²) in [5, 5.41) is 26.5. The van der Waals surface area contributed by atoms with Crippen molar-refractivity contribution in [2.75, 3.05) is 47.9 Å². The average Bonchev–Trinajstić information content (AvgIpc) is 4.02. The maximum Gasteiger partial charge on any atom is 0.297 e. The standard InChI is InChI=1S/C53H64N8O8S/c1-32(2)41-7-4-5-8-42(41)44-9-6-20-59(44)38-28-53(29-38)17-21-58(22-18-53)37-12-15-43(45(25-37)60-30-33(3)69-52-47(60)24-35-16-19-54-50(35)56-52)51(63)57-70(66,67)40-26-46(61(64)65)49-48(27-40)68-31-36(55-49)23-34-10-13-39(62)14-11-34/h4-5,7-8,12,15-16,19,24-27,32-34,36,38-39,44,55,62H,6,9-11,13-14,17-18,20-23,28-31H2,1-3H3,(H,54,56)(H,57,63)/t33-,34-,36+,39-,44-/m0/s1. The third-order valence-electron chi connectivity index (χ3n) is 16.3. The Morgan fingerprint density at radius 3 is 2.56 bits per heavy atom. The topological polar surface area (TPSA) is 195 Å². The van der Waals surface area contributed by atoms with E-state index in [9.17, 15) is 28.4 Å². The summed E-state index contributed by atoms with van der Waals surface area (Å²) in [6, 6.07) is 21.5. The number of hydrogen-bond acceptors (Lipinski definition) is 13. The number of aromatic nitrogens is 2. The van der Waals surface area contributed by atoms with E-state index in [2.05, 4.69) is 62.9 Å². The Labute approximate surface area is 409 Å². The predicted molar refractivity (Wildman–Crippen MR) is 269 cm³/mol. The molecule has 17 heteroatoms. The van der Waals surface area contributed by atoms with E-state index in [1.807, 2.05) is 36.1 Å². The molecule has 6 heterocycles. The van der Waals surface area contributed by atoms with Gasteiger partial charge in [-0.2, -0.15) is 4.98 Å². The second kappa shape index (κ2) is 18.4. The van der Waals surface area contributed by atoms with Crippen molar-refractivity contribution in [3.05, 3.63) is 99.7 Å². The number of benzene rings is 3. The lowest BCUT2D eigenvalue weighted by Crippen LogP contribution is -2.55. The molecule has 6 aliphatic rings. The normalized spacial score (nSPS) is 24.6. The molecule has 2 saturated carbocycles. The second-order valence-electron chi connectivity index (χ2n) is 21.3. The summed E-state index contributed by atoms with van der Waals surface area (Å²) < 4.78 is 43.0. The number of amides is 1. The molecule has 4 aliphatic heterocycles. The fraction of sp³-hybridized carbons (Fsp3) is 0.509. The van der Waals surface area contributed by atoms with Crippen LogP contribution in [0.3, 0.4) is 0 Å². The van der Waals surface area contributed by atoms with Crippen LogP contribution in [0.25, 0.3) is 11.0 Å². The summed E-state index contributed by atoms with van der Waals surface area (Å²) in [6.07, 6.45) is 12.0. The fourth-order valence-electron chi connectivity index (χ4n) is 12.6. The fourth-order valence-corrected chi connectivity index (χ4v) is 13.6. The van der Waals surface area contributed by atoms with Crippen molar-refractivity contribution in [1.82, 2.24) is 19.6 Å². The number of likely N-dealkylation sites (tertiary alicyclic amines) is 1. The number of aliphatic hydroxyl groups excluding tert-OH is 1. The van der Waals surface area contributed by atoms with Crippen LogP contribution in [0, 0.1) is 21.4 Å². The number of aromatic amines is 1. The number of anilines is 4. The third kappa shape index (κ3) is 8.82. The van der Waals surface area contributed by atoms with Crippen LogP contribution in [0.1, 0.15) is 125 Å². The molecule has 2 aromatic heterocycles. The van der Waals surface area contributed by atoms with Gasteiger partial charge in [0.2, 0.25) is 5.88 Å². The molecular formula is C53H64N8O8S. The van der Waals surface area contributed by atoms with Crippen LogP contribution in [0.2, 0.25) is 0 Å². The zero-order chi connectivity index (χ0) is 48.5. The number of pyridine rings is 1. The molecule has 370 valence electrons. The number of carbonyl (C=O) groups is 1. The van der Waals surface area contributed by atoms with E-state index >= 15 is 0 Å². The highest BCUT2D eigenvalue weighted by Gasteiger charge is 2.50. The monoisotopic (exact) mass is 972 g/mol. The van der Waals surface area contributed by atoms with Crippen LogP contribution >= 0.6 is 0 Å². The Morgan fingerprint density at radius 2 is 1.79 bits per heavy atom. The van der Waals surface area contributed by atoms with Crippen LogP contribution in [0.4, 0.5) is 28.4 Å². The number of carbonyl (C=O) groups excluding carboxylic acids is 1. The maximum absolute atomic E-state index is 14.6. The Kier molecular flexibility index (Phi) is 12.2.